The summed E-state index contributed by atoms with van der Waals surface area (Å²) in [5.41, 5.74) is 9.03. The van der Waals surface area contributed by atoms with E-state index < -0.39 is 6.10 Å². The third kappa shape index (κ3) is 5.17. The number of hydrogen-bond donors (Lipinski definition) is 3. The van der Waals surface area contributed by atoms with Crippen LogP contribution in [0.4, 0.5) is 23.3 Å². The molecule has 0 aliphatic rings. The van der Waals surface area contributed by atoms with E-state index >= 15 is 0 Å². The van der Waals surface area contributed by atoms with E-state index in [1.165, 1.54) is 5.56 Å². The second-order valence-corrected chi connectivity index (χ2v) is 6.63. The Hall–Kier alpha value is -3.19. The van der Waals surface area contributed by atoms with Gasteiger partial charge in [-0.15, -0.1) is 0 Å². The van der Waals surface area contributed by atoms with Gasteiger partial charge < -0.3 is 21.1 Å². The van der Waals surface area contributed by atoms with Crippen LogP contribution in [-0.4, -0.2) is 32.7 Å². The van der Waals surface area contributed by atoms with Crippen molar-refractivity contribution in [3.8, 4) is 0 Å². The zero-order chi connectivity index (χ0) is 19.9. The SMILES string of the molecule is CCc1ccccc1Nc1nc(N)nc(CN(CC(C)O)c2ccccc2)n1. The second kappa shape index (κ2) is 9.14. The molecule has 28 heavy (non-hydrogen) atoms. The Kier molecular flexibility index (Phi) is 6.39. The molecule has 0 amide bonds. The predicted octanol–water partition coefficient (Wildman–Crippen LogP) is 3.15. The smallest absolute Gasteiger partial charge is 0.232 e. The van der Waals surface area contributed by atoms with Crippen molar-refractivity contribution in [1.82, 2.24) is 15.0 Å². The van der Waals surface area contributed by atoms with Crippen LogP contribution in [-0.2, 0) is 13.0 Å². The van der Waals surface area contributed by atoms with Crippen LogP contribution in [0.1, 0.15) is 25.2 Å². The molecule has 7 heteroatoms. The van der Waals surface area contributed by atoms with Crippen molar-refractivity contribution in [2.45, 2.75) is 32.9 Å². The van der Waals surface area contributed by atoms with Gasteiger partial charge in [0.1, 0.15) is 0 Å². The number of para-hydroxylation sites is 2. The second-order valence-electron chi connectivity index (χ2n) is 6.63. The molecule has 1 aromatic heterocycles. The molecular formula is C21H26N6O. The Bertz CT molecular complexity index is 900. The molecule has 0 aliphatic heterocycles. The van der Waals surface area contributed by atoms with E-state index in [-0.39, 0.29) is 5.95 Å². The minimum absolute atomic E-state index is 0.159. The van der Waals surface area contributed by atoms with Gasteiger partial charge in [-0.1, -0.05) is 43.3 Å². The fourth-order valence-electron chi connectivity index (χ4n) is 3.03. The molecular weight excluding hydrogens is 352 g/mol. The lowest BCUT2D eigenvalue weighted by molar-refractivity contribution is 0.199. The Morgan fingerprint density at radius 2 is 1.75 bits per heavy atom. The first kappa shape index (κ1) is 19.6. The Morgan fingerprint density at radius 3 is 2.46 bits per heavy atom. The molecule has 0 bridgehead atoms. The third-order valence-electron chi connectivity index (χ3n) is 4.28. The van der Waals surface area contributed by atoms with E-state index in [9.17, 15) is 5.11 Å². The Balaban J connectivity index is 1.85. The molecule has 1 unspecified atom stereocenters. The van der Waals surface area contributed by atoms with Crippen LogP contribution in [0, 0.1) is 0 Å². The van der Waals surface area contributed by atoms with Crippen molar-refractivity contribution in [2.75, 3.05) is 22.5 Å². The van der Waals surface area contributed by atoms with E-state index in [0.717, 1.165) is 17.8 Å². The van der Waals surface area contributed by atoms with E-state index in [1.807, 2.05) is 53.4 Å². The van der Waals surface area contributed by atoms with Crippen molar-refractivity contribution >= 4 is 23.3 Å². The van der Waals surface area contributed by atoms with Crippen LogP contribution in [0.15, 0.2) is 54.6 Å². The van der Waals surface area contributed by atoms with Crippen molar-refractivity contribution in [1.29, 1.82) is 0 Å². The van der Waals surface area contributed by atoms with Crippen LogP contribution in [0.25, 0.3) is 0 Å². The first-order valence-electron chi connectivity index (χ1n) is 9.38. The van der Waals surface area contributed by atoms with Gasteiger partial charge >= 0.3 is 0 Å². The number of aliphatic hydroxyl groups is 1. The van der Waals surface area contributed by atoms with Crippen molar-refractivity contribution in [3.63, 3.8) is 0 Å². The zero-order valence-corrected chi connectivity index (χ0v) is 16.2. The highest BCUT2D eigenvalue weighted by Crippen LogP contribution is 2.21. The molecule has 0 radical (unpaired) electrons. The summed E-state index contributed by atoms with van der Waals surface area (Å²) in [5, 5.41) is 13.1. The molecule has 1 atom stereocenters. The Morgan fingerprint density at radius 1 is 1.04 bits per heavy atom. The topological polar surface area (TPSA) is 100 Å². The van der Waals surface area contributed by atoms with Crippen LogP contribution < -0.4 is 16.0 Å². The predicted molar refractivity (Wildman–Crippen MR) is 113 cm³/mol. The fourth-order valence-corrected chi connectivity index (χ4v) is 3.03. The monoisotopic (exact) mass is 378 g/mol. The summed E-state index contributed by atoms with van der Waals surface area (Å²) in [6, 6.07) is 17.9. The number of nitrogens with zero attached hydrogens (tertiary/aromatic N) is 4. The van der Waals surface area contributed by atoms with Crippen LogP contribution in [0.5, 0.6) is 0 Å². The number of nitrogens with two attached hydrogens (primary N) is 1. The Labute approximate surface area is 165 Å². The lowest BCUT2D eigenvalue weighted by atomic mass is 10.1. The van der Waals surface area contributed by atoms with Gasteiger partial charge in [-0.3, -0.25) is 0 Å². The van der Waals surface area contributed by atoms with Gasteiger partial charge in [0.2, 0.25) is 11.9 Å². The maximum atomic E-state index is 9.89. The minimum Gasteiger partial charge on any atom is -0.392 e. The number of benzene rings is 2. The maximum absolute atomic E-state index is 9.89. The normalized spacial score (nSPS) is 11.8. The number of anilines is 4. The van der Waals surface area contributed by atoms with Crippen LogP contribution in [0.3, 0.4) is 0 Å². The lowest BCUT2D eigenvalue weighted by Gasteiger charge is -2.25. The van der Waals surface area contributed by atoms with Gasteiger partial charge in [0.05, 0.1) is 12.6 Å². The summed E-state index contributed by atoms with van der Waals surface area (Å²) < 4.78 is 0. The minimum atomic E-state index is -0.492. The summed E-state index contributed by atoms with van der Waals surface area (Å²) in [4.78, 5) is 15.1. The van der Waals surface area contributed by atoms with Gasteiger partial charge in [-0.05, 0) is 37.1 Å². The first-order valence-corrected chi connectivity index (χ1v) is 9.38. The number of nitrogen functional groups attached to an aromatic ring is 1. The highest BCUT2D eigenvalue weighted by atomic mass is 16.3. The molecule has 0 fully saturated rings. The van der Waals surface area contributed by atoms with Crippen molar-refractivity contribution < 1.29 is 5.11 Å². The largest absolute Gasteiger partial charge is 0.392 e. The quantitative estimate of drug-likeness (QED) is 0.553. The summed E-state index contributed by atoms with van der Waals surface area (Å²) in [6.45, 7) is 4.72. The van der Waals surface area contributed by atoms with Gasteiger partial charge in [0, 0.05) is 17.9 Å². The van der Waals surface area contributed by atoms with Crippen LogP contribution in [0.2, 0.25) is 0 Å². The molecule has 0 aliphatic carbocycles. The van der Waals surface area contributed by atoms with E-state index in [1.54, 1.807) is 6.92 Å². The molecule has 146 valence electrons. The van der Waals surface area contributed by atoms with Gasteiger partial charge in [-0.2, -0.15) is 15.0 Å². The zero-order valence-electron chi connectivity index (χ0n) is 16.2. The summed E-state index contributed by atoms with van der Waals surface area (Å²) in [7, 11) is 0. The molecule has 0 saturated heterocycles. The molecule has 7 nitrogen and oxygen atoms in total. The number of aliphatic hydroxyl groups excluding tert-OH is 1. The summed E-state index contributed by atoms with van der Waals surface area (Å²) in [5.74, 6) is 1.11. The third-order valence-corrected chi connectivity index (χ3v) is 4.28. The van der Waals surface area contributed by atoms with E-state index in [4.69, 9.17) is 5.73 Å². The standard InChI is InChI=1S/C21H26N6O/c1-3-16-9-7-8-12-18(16)23-21-25-19(24-20(22)26-21)14-27(13-15(2)28)17-10-5-4-6-11-17/h4-12,15,28H,3,13-14H2,1-2H3,(H3,22,23,24,25,26). The fraction of sp³-hybridized carbons (Fsp3) is 0.286. The highest BCUT2D eigenvalue weighted by molar-refractivity contribution is 5.59. The number of aromatic nitrogens is 3. The summed E-state index contributed by atoms with van der Waals surface area (Å²) >= 11 is 0. The molecule has 0 spiro atoms. The number of aryl methyl sites for hydroxylation is 1. The average molecular weight is 378 g/mol. The van der Waals surface area contributed by atoms with E-state index in [0.29, 0.717) is 24.9 Å². The molecule has 3 aromatic rings. The van der Waals surface area contributed by atoms with Gasteiger partial charge in [-0.25, -0.2) is 0 Å². The van der Waals surface area contributed by atoms with Gasteiger partial charge in [0.25, 0.3) is 0 Å². The van der Waals surface area contributed by atoms with Crippen molar-refractivity contribution in [2.24, 2.45) is 0 Å². The molecule has 1 heterocycles. The number of nitrogens with one attached hydrogen (secondary N) is 1. The van der Waals surface area contributed by atoms with Crippen molar-refractivity contribution in [3.05, 3.63) is 66.0 Å². The number of rotatable bonds is 8. The van der Waals surface area contributed by atoms with Gasteiger partial charge in [0.15, 0.2) is 5.82 Å². The first-order chi connectivity index (χ1) is 13.5. The van der Waals surface area contributed by atoms with E-state index in [2.05, 4.69) is 33.3 Å². The molecule has 2 aromatic carbocycles. The molecule has 0 saturated carbocycles. The molecule has 4 N–H and O–H groups in total. The number of hydrogen-bond acceptors (Lipinski definition) is 7. The highest BCUT2D eigenvalue weighted by Gasteiger charge is 2.14. The average Bonchev–Trinajstić information content (AvgIpc) is 2.68. The lowest BCUT2D eigenvalue weighted by Crippen LogP contribution is -2.31. The molecule has 3 rings (SSSR count). The summed E-state index contributed by atoms with van der Waals surface area (Å²) in [6.07, 6.45) is 0.403. The van der Waals surface area contributed by atoms with Crippen LogP contribution >= 0.6 is 0 Å². The maximum Gasteiger partial charge on any atom is 0.232 e.